The molecule has 0 unspecified atom stereocenters. The van der Waals surface area contributed by atoms with Crippen molar-refractivity contribution in [3.05, 3.63) is 41.0 Å². The number of hydrogen-bond acceptors (Lipinski definition) is 4. The first-order chi connectivity index (χ1) is 8.99. The van der Waals surface area contributed by atoms with E-state index in [1.54, 1.807) is 0 Å². The molecule has 0 bridgehead atoms. The van der Waals surface area contributed by atoms with E-state index in [0.29, 0.717) is 0 Å². The van der Waals surface area contributed by atoms with Gasteiger partial charge in [0.1, 0.15) is 12.2 Å². The zero-order valence-electron chi connectivity index (χ0n) is 10.4. The Kier molecular flexibility index (Phi) is 5.32. The molecule has 0 saturated carbocycles. The first kappa shape index (κ1) is 15.0. The van der Waals surface area contributed by atoms with Crippen molar-refractivity contribution in [2.24, 2.45) is 0 Å². The molecular formula is C13H12F2O4. The standard InChI is InChI=1S/C13H12F2O4/c1-18-7-12(16)9(13(17)19-2)5-8-3-4-10(14)11(15)6-8/h3-6H,7H2,1-2H3/b9-5-. The molecule has 4 nitrogen and oxygen atoms in total. The quantitative estimate of drug-likeness (QED) is 0.354. The van der Waals surface area contributed by atoms with Crippen LogP contribution in [0.2, 0.25) is 0 Å². The first-order valence-electron chi connectivity index (χ1n) is 5.26. The fourth-order valence-corrected chi connectivity index (χ4v) is 1.34. The van der Waals surface area contributed by atoms with Crippen LogP contribution < -0.4 is 0 Å². The third-order valence-corrected chi connectivity index (χ3v) is 2.24. The number of Topliss-reactive ketones (excluding diaryl/α,β-unsaturated/α-hetero) is 1. The van der Waals surface area contributed by atoms with Crippen molar-refractivity contribution < 1.29 is 27.8 Å². The summed E-state index contributed by atoms with van der Waals surface area (Å²) >= 11 is 0. The van der Waals surface area contributed by atoms with Crippen molar-refractivity contribution in [1.29, 1.82) is 0 Å². The zero-order chi connectivity index (χ0) is 14.4. The second-order valence-electron chi connectivity index (χ2n) is 3.58. The Morgan fingerprint density at radius 3 is 2.42 bits per heavy atom. The molecule has 1 aromatic rings. The second-order valence-corrected chi connectivity index (χ2v) is 3.58. The lowest BCUT2D eigenvalue weighted by atomic mass is 10.1. The monoisotopic (exact) mass is 270 g/mol. The molecule has 0 N–H and O–H groups in total. The van der Waals surface area contributed by atoms with E-state index in [1.165, 1.54) is 13.2 Å². The van der Waals surface area contributed by atoms with Gasteiger partial charge in [0.25, 0.3) is 0 Å². The molecule has 0 aliphatic heterocycles. The van der Waals surface area contributed by atoms with Gasteiger partial charge in [-0.15, -0.1) is 0 Å². The van der Waals surface area contributed by atoms with Crippen LogP contribution in [0.3, 0.4) is 0 Å². The molecule has 19 heavy (non-hydrogen) atoms. The normalized spacial score (nSPS) is 11.3. The highest BCUT2D eigenvalue weighted by molar-refractivity contribution is 6.21. The van der Waals surface area contributed by atoms with Gasteiger partial charge >= 0.3 is 5.97 Å². The maximum absolute atomic E-state index is 13.0. The van der Waals surface area contributed by atoms with Crippen LogP contribution in [0.4, 0.5) is 8.78 Å². The molecule has 6 heteroatoms. The number of methoxy groups -OCH3 is 2. The topological polar surface area (TPSA) is 52.6 Å². The summed E-state index contributed by atoms with van der Waals surface area (Å²) in [5.74, 6) is -3.57. The molecule has 0 aromatic heterocycles. The minimum atomic E-state index is -1.07. The number of hydrogen-bond donors (Lipinski definition) is 0. The number of esters is 1. The molecule has 0 fully saturated rings. The predicted octanol–water partition coefficient (Wildman–Crippen LogP) is 1.74. The van der Waals surface area contributed by atoms with Crippen LogP contribution in [0.15, 0.2) is 23.8 Å². The fraction of sp³-hybridized carbons (Fsp3) is 0.231. The van der Waals surface area contributed by atoms with Crippen LogP contribution >= 0.6 is 0 Å². The van der Waals surface area contributed by atoms with Gasteiger partial charge in [-0.25, -0.2) is 13.6 Å². The summed E-state index contributed by atoms with van der Waals surface area (Å²) in [6, 6.07) is 3.01. The van der Waals surface area contributed by atoms with Crippen LogP contribution in [-0.2, 0) is 19.1 Å². The van der Waals surface area contributed by atoms with Crippen molar-refractivity contribution in [1.82, 2.24) is 0 Å². The zero-order valence-corrected chi connectivity index (χ0v) is 10.4. The van der Waals surface area contributed by atoms with Gasteiger partial charge in [-0.05, 0) is 23.8 Å². The molecule has 102 valence electrons. The summed E-state index contributed by atoms with van der Waals surface area (Å²) in [6.07, 6.45) is 1.12. The summed E-state index contributed by atoms with van der Waals surface area (Å²) in [6.45, 7) is -0.315. The van der Waals surface area contributed by atoms with Gasteiger partial charge in [-0.1, -0.05) is 6.07 Å². The van der Waals surface area contributed by atoms with Crippen LogP contribution in [-0.4, -0.2) is 32.6 Å². The summed E-state index contributed by atoms with van der Waals surface area (Å²) in [7, 11) is 2.41. The van der Waals surface area contributed by atoms with Gasteiger partial charge in [0, 0.05) is 7.11 Å². The third-order valence-electron chi connectivity index (χ3n) is 2.24. The molecule has 1 aromatic carbocycles. The largest absolute Gasteiger partial charge is 0.465 e. The Morgan fingerprint density at radius 1 is 1.21 bits per heavy atom. The molecule has 0 atom stereocenters. The van der Waals surface area contributed by atoms with Crippen molar-refractivity contribution in [2.75, 3.05) is 20.8 Å². The van der Waals surface area contributed by atoms with E-state index in [0.717, 1.165) is 25.3 Å². The van der Waals surface area contributed by atoms with E-state index in [4.69, 9.17) is 0 Å². The molecule has 0 heterocycles. The average Bonchev–Trinajstić information content (AvgIpc) is 2.39. The summed E-state index contributed by atoms with van der Waals surface area (Å²) in [5, 5.41) is 0. The molecule has 0 spiro atoms. The maximum atomic E-state index is 13.0. The second kappa shape index (κ2) is 6.75. The van der Waals surface area contributed by atoms with Gasteiger partial charge in [0.2, 0.25) is 0 Å². The number of halogens is 2. The van der Waals surface area contributed by atoms with Crippen LogP contribution in [0.25, 0.3) is 6.08 Å². The fourth-order valence-electron chi connectivity index (χ4n) is 1.34. The van der Waals surface area contributed by atoms with Gasteiger partial charge in [0.15, 0.2) is 17.4 Å². The number of benzene rings is 1. The van der Waals surface area contributed by atoms with Gasteiger partial charge in [-0.2, -0.15) is 0 Å². The summed E-state index contributed by atoms with van der Waals surface area (Å²) in [5.41, 5.74) is -0.126. The SMILES string of the molecule is COCC(=O)/C(=C/c1ccc(F)c(F)c1)C(=O)OC. The minimum Gasteiger partial charge on any atom is -0.465 e. The van der Waals surface area contributed by atoms with Crippen molar-refractivity contribution in [3.63, 3.8) is 0 Å². The number of carbonyl (C=O) groups excluding carboxylic acids is 2. The number of ether oxygens (including phenoxy) is 2. The van der Waals surface area contributed by atoms with E-state index in [1.807, 2.05) is 0 Å². The van der Waals surface area contributed by atoms with Crippen molar-refractivity contribution in [2.45, 2.75) is 0 Å². The Bertz CT molecular complexity index is 523. The Morgan fingerprint density at radius 2 is 1.89 bits per heavy atom. The van der Waals surface area contributed by atoms with Gasteiger partial charge in [-0.3, -0.25) is 4.79 Å². The van der Waals surface area contributed by atoms with E-state index in [-0.39, 0.29) is 17.7 Å². The average molecular weight is 270 g/mol. The maximum Gasteiger partial charge on any atom is 0.341 e. The molecule has 1 rings (SSSR count). The van der Waals surface area contributed by atoms with E-state index >= 15 is 0 Å². The van der Waals surface area contributed by atoms with E-state index < -0.39 is 23.4 Å². The van der Waals surface area contributed by atoms with Crippen LogP contribution in [0.1, 0.15) is 5.56 Å². The Labute approximate surface area is 108 Å². The molecule has 0 aliphatic carbocycles. The third kappa shape index (κ3) is 3.96. The van der Waals surface area contributed by atoms with Gasteiger partial charge in [0.05, 0.1) is 7.11 Å². The lowest BCUT2D eigenvalue weighted by molar-refractivity contribution is -0.138. The smallest absolute Gasteiger partial charge is 0.341 e. The molecule has 0 amide bonds. The van der Waals surface area contributed by atoms with Gasteiger partial charge < -0.3 is 9.47 Å². The summed E-state index contributed by atoms with van der Waals surface area (Å²) in [4.78, 5) is 23.1. The van der Waals surface area contributed by atoms with E-state index in [9.17, 15) is 18.4 Å². The molecular weight excluding hydrogens is 258 g/mol. The number of rotatable bonds is 5. The Hall–Kier alpha value is -2.08. The lowest BCUT2D eigenvalue weighted by Crippen LogP contribution is -2.18. The highest BCUT2D eigenvalue weighted by atomic mass is 19.2. The molecule has 0 aliphatic rings. The van der Waals surface area contributed by atoms with E-state index in [2.05, 4.69) is 9.47 Å². The Balaban J connectivity index is 3.15. The number of ketones is 1. The van der Waals surface area contributed by atoms with Crippen LogP contribution in [0.5, 0.6) is 0 Å². The minimum absolute atomic E-state index is 0.170. The first-order valence-corrected chi connectivity index (χ1v) is 5.26. The lowest BCUT2D eigenvalue weighted by Gasteiger charge is -2.04. The molecule has 0 radical (unpaired) electrons. The highest BCUT2D eigenvalue weighted by Crippen LogP contribution is 2.13. The number of carbonyl (C=O) groups is 2. The summed E-state index contributed by atoms with van der Waals surface area (Å²) < 4.78 is 34.9. The predicted molar refractivity (Wildman–Crippen MR) is 63.2 cm³/mol. The van der Waals surface area contributed by atoms with Crippen molar-refractivity contribution in [3.8, 4) is 0 Å². The molecule has 0 saturated heterocycles. The van der Waals surface area contributed by atoms with Crippen LogP contribution in [0, 0.1) is 11.6 Å². The highest BCUT2D eigenvalue weighted by Gasteiger charge is 2.18. The van der Waals surface area contributed by atoms with Crippen molar-refractivity contribution >= 4 is 17.8 Å².